The first-order valence-corrected chi connectivity index (χ1v) is 9.10. The second kappa shape index (κ2) is 7.20. The van der Waals surface area contributed by atoms with Crippen molar-refractivity contribution in [2.24, 2.45) is 0 Å². The predicted octanol–water partition coefficient (Wildman–Crippen LogP) is 3.88. The zero-order valence-electron chi connectivity index (χ0n) is 15.7. The number of nitrogens with zero attached hydrogens (tertiary/aromatic N) is 4. The minimum Gasteiger partial charge on any atom is -0.496 e. The Bertz CT molecular complexity index is 1240. The van der Waals surface area contributed by atoms with Crippen molar-refractivity contribution in [2.75, 3.05) is 13.7 Å². The number of aromatic nitrogens is 5. The summed E-state index contributed by atoms with van der Waals surface area (Å²) in [5.74, 6) is 1.44. The maximum Gasteiger partial charge on any atom is 0.137 e. The second-order valence-corrected chi connectivity index (χ2v) is 6.52. The highest BCUT2D eigenvalue weighted by molar-refractivity contribution is 5.91. The molecular weight excluding hydrogens is 366 g/mol. The number of nitrogens with one attached hydrogen (secondary N) is 1. The van der Waals surface area contributed by atoms with Gasteiger partial charge in [-0.3, -0.25) is 15.0 Å². The molecule has 0 aliphatic carbocycles. The number of hydrogen-bond donors (Lipinski definition) is 1. The predicted molar refractivity (Wildman–Crippen MR) is 110 cm³/mol. The number of ether oxygens (including phenoxy) is 2. The molecule has 0 atom stereocenters. The number of pyridine rings is 3. The van der Waals surface area contributed by atoms with Crippen LogP contribution in [0.3, 0.4) is 0 Å². The van der Waals surface area contributed by atoms with E-state index in [2.05, 4.69) is 19.9 Å². The van der Waals surface area contributed by atoms with E-state index in [-0.39, 0.29) is 0 Å². The molecule has 0 saturated heterocycles. The third kappa shape index (κ3) is 3.23. The van der Waals surface area contributed by atoms with E-state index in [0.29, 0.717) is 12.4 Å². The lowest BCUT2D eigenvalue weighted by molar-refractivity contribution is 0.294. The van der Waals surface area contributed by atoms with Crippen LogP contribution >= 0.6 is 0 Å². The molecule has 0 bridgehead atoms. The van der Waals surface area contributed by atoms with Crippen LogP contribution in [0.1, 0.15) is 11.4 Å². The first-order valence-electron chi connectivity index (χ1n) is 9.10. The van der Waals surface area contributed by atoms with Gasteiger partial charge in [-0.05, 0) is 30.3 Å². The number of rotatable bonds is 4. The first kappa shape index (κ1) is 17.1. The number of fused-ring (bicyclic) bond motifs is 1. The molecule has 0 amide bonds. The Kier molecular flexibility index (Phi) is 4.25. The zero-order valence-corrected chi connectivity index (χ0v) is 15.7. The third-order valence-corrected chi connectivity index (χ3v) is 4.67. The van der Waals surface area contributed by atoms with E-state index < -0.39 is 0 Å². The summed E-state index contributed by atoms with van der Waals surface area (Å²) in [5, 5.41) is 0. The van der Waals surface area contributed by atoms with E-state index in [0.717, 1.165) is 45.0 Å². The average molecular weight is 383 g/mol. The smallest absolute Gasteiger partial charge is 0.137 e. The van der Waals surface area contributed by atoms with Gasteiger partial charge in [0.1, 0.15) is 29.4 Å². The van der Waals surface area contributed by atoms with Crippen LogP contribution in [0, 0.1) is 0 Å². The van der Waals surface area contributed by atoms with E-state index >= 15 is 0 Å². The van der Waals surface area contributed by atoms with Crippen molar-refractivity contribution in [3.8, 4) is 17.1 Å². The van der Waals surface area contributed by atoms with Gasteiger partial charge in [0, 0.05) is 35.3 Å². The van der Waals surface area contributed by atoms with Crippen molar-refractivity contribution >= 4 is 22.2 Å². The number of hydrogen-bond acceptors (Lipinski definition) is 6. The minimum atomic E-state index is 0.424. The van der Waals surface area contributed by atoms with Gasteiger partial charge in [-0.25, -0.2) is 4.98 Å². The molecule has 1 aliphatic heterocycles. The van der Waals surface area contributed by atoms with Crippen LogP contribution in [0.4, 0.5) is 0 Å². The fourth-order valence-corrected chi connectivity index (χ4v) is 3.24. The lowest BCUT2D eigenvalue weighted by Crippen LogP contribution is -2.02. The van der Waals surface area contributed by atoms with E-state index in [1.807, 2.05) is 36.4 Å². The van der Waals surface area contributed by atoms with Crippen molar-refractivity contribution in [3.05, 3.63) is 78.8 Å². The lowest BCUT2D eigenvalue weighted by atomic mass is 10.0. The lowest BCUT2D eigenvalue weighted by Gasteiger charge is -2.14. The monoisotopic (exact) mass is 383 g/mol. The van der Waals surface area contributed by atoms with Crippen LogP contribution in [0.5, 0.6) is 5.75 Å². The highest BCUT2D eigenvalue weighted by atomic mass is 16.5. The van der Waals surface area contributed by atoms with Gasteiger partial charge in [-0.15, -0.1) is 0 Å². The average Bonchev–Trinajstić information content (AvgIpc) is 3.24. The zero-order chi connectivity index (χ0) is 19.6. The quantitative estimate of drug-likeness (QED) is 0.576. The van der Waals surface area contributed by atoms with Gasteiger partial charge in [-0.1, -0.05) is 6.07 Å². The van der Waals surface area contributed by atoms with Crippen molar-refractivity contribution in [1.82, 2.24) is 24.9 Å². The molecule has 7 heteroatoms. The maximum atomic E-state index is 5.70. The van der Waals surface area contributed by atoms with Gasteiger partial charge in [0.2, 0.25) is 0 Å². The number of H-pyrrole nitrogens is 1. The highest BCUT2D eigenvalue weighted by Gasteiger charge is 2.17. The van der Waals surface area contributed by atoms with Gasteiger partial charge in [0.05, 0.1) is 30.8 Å². The Hall–Kier alpha value is -4.00. The molecule has 0 saturated carbocycles. The standard InChI is InChI=1S/C22H17N5O2/c1-28-17-9-14(10-23-11-17)15-8-16(13-29-12-15)22-26-19-5-7-25-20(21(19)27-22)18-4-2-3-6-24-18/h2-12H,13H2,1H3,(H,26,27). The summed E-state index contributed by atoms with van der Waals surface area (Å²) in [6.45, 7) is 0.424. The summed E-state index contributed by atoms with van der Waals surface area (Å²) in [6.07, 6.45) is 10.7. The topological polar surface area (TPSA) is 85.8 Å². The van der Waals surface area contributed by atoms with Crippen molar-refractivity contribution < 1.29 is 9.47 Å². The summed E-state index contributed by atoms with van der Waals surface area (Å²) in [5.41, 5.74) is 5.96. The molecule has 4 aromatic rings. The Morgan fingerprint density at radius 1 is 1.10 bits per heavy atom. The van der Waals surface area contributed by atoms with E-state index in [4.69, 9.17) is 14.5 Å². The normalized spacial score (nSPS) is 13.6. The number of imidazole rings is 1. The van der Waals surface area contributed by atoms with Crippen molar-refractivity contribution in [1.29, 1.82) is 0 Å². The van der Waals surface area contributed by atoms with Crippen LogP contribution in [0.25, 0.3) is 33.6 Å². The van der Waals surface area contributed by atoms with Crippen molar-refractivity contribution in [2.45, 2.75) is 0 Å². The molecule has 1 aliphatic rings. The SMILES string of the molecule is COc1cncc(C2=COCC(c3nc4c(-c5ccccn5)nccc4[nH]3)=C2)c1. The molecule has 142 valence electrons. The third-order valence-electron chi connectivity index (χ3n) is 4.67. The summed E-state index contributed by atoms with van der Waals surface area (Å²) >= 11 is 0. The Morgan fingerprint density at radius 3 is 2.93 bits per heavy atom. The first-order chi connectivity index (χ1) is 14.3. The fraction of sp³-hybridized carbons (Fsp3) is 0.0909. The molecule has 29 heavy (non-hydrogen) atoms. The Morgan fingerprint density at radius 2 is 2.07 bits per heavy atom. The van der Waals surface area contributed by atoms with Gasteiger partial charge >= 0.3 is 0 Å². The molecule has 0 spiro atoms. The number of aromatic amines is 1. The number of methoxy groups -OCH3 is 1. The van der Waals surface area contributed by atoms with Crippen LogP contribution in [0.15, 0.2) is 67.5 Å². The van der Waals surface area contributed by atoms with Gasteiger partial charge in [0.25, 0.3) is 0 Å². The molecule has 0 unspecified atom stereocenters. The Labute approximate surface area is 166 Å². The number of allylic oxidation sites excluding steroid dienone is 2. The molecule has 4 aromatic heterocycles. The summed E-state index contributed by atoms with van der Waals surface area (Å²) in [4.78, 5) is 21.3. The fourth-order valence-electron chi connectivity index (χ4n) is 3.24. The Balaban J connectivity index is 1.55. The molecule has 0 aromatic carbocycles. The maximum absolute atomic E-state index is 5.70. The molecule has 0 radical (unpaired) electrons. The summed E-state index contributed by atoms with van der Waals surface area (Å²) in [6, 6.07) is 9.57. The van der Waals surface area contributed by atoms with Gasteiger partial charge < -0.3 is 14.5 Å². The van der Waals surface area contributed by atoms with Crippen LogP contribution in [-0.4, -0.2) is 38.6 Å². The summed E-state index contributed by atoms with van der Waals surface area (Å²) < 4.78 is 11.0. The molecule has 0 fully saturated rings. The summed E-state index contributed by atoms with van der Waals surface area (Å²) in [7, 11) is 1.62. The minimum absolute atomic E-state index is 0.424. The largest absolute Gasteiger partial charge is 0.496 e. The molecular formula is C22H17N5O2. The molecule has 5 rings (SSSR count). The van der Waals surface area contributed by atoms with Crippen LogP contribution < -0.4 is 4.74 Å². The highest BCUT2D eigenvalue weighted by Crippen LogP contribution is 2.30. The van der Waals surface area contributed by atoms with Gasteiger partial charge in [0.15, 0.2) is 0 Å². The second-order valence-electron chi connectivity index (χ2n) is 6.52. The van der Waals surface area contributed by atoms with E-state index in [1.165, 1.54) is 0 Å². The molecule has 1 N–H and O–H groups in total. The van der Waals surface area contributed by atoms with E-state index in [1.54, 1.807) is 38.2 Å². The van der Waals surface area contributed by atoms with Crippen LogP contribution in [-0.2, 0) is 4.74 Å². The molecule has 5 heterocycles. The van der Waals surface area contributed by atoms with Crippen LogP contribution in [0.2, 0.25) is 0 Å². The molecule has 7 nitrogen and oxygen atoms in total. The van der Waals surface area contributed by atoms with E-state index in [9.17, 15) is 0 Å². The van der Waals surface area contributed by atoms with Gasteiger partial charge in [-0.2, -0.15) is 0 Å². The van der Waals surface area contributed by atoms with Crippen molar-refractivity contribution in [3.63, 3.8) is 0 Å².